The molecule has 4 nitrogen and oxygen atoms in total. The van der Waals surface area contributed by atoms with Crippen LogP contribution in [0, 0.1) is 111 Å². The van der Waals surface area contributed by atoms with E-state index in [4.69, 9.17) is 18.9 Å². The van der Waals surface area contributed by atoms with E-state index in [9.17, 15) is 0 Å². The molecular weight excluding hydrogens is 1000 g/mol. The van der Waals surface area contributed by atoms with Crippen LogP contribution in [0.3, 0.4) is 0 Å². The van der Waals surface area contributed by atoms with Gasteiger partial charge in [0, 0.05) is 6.07 Å². The second-order valence-corrected chi connectivity index (χ2v) is 22.2. The molecule has 0 saturated carbocycles. The number of aryl methyl sites for hydroxylation is 14. The van der Waals surface area contributed by atoms with E-state index in [2.05, 4.69) is 220 Å². The normalized spacial score (nSPS) is 10.5. The highest BCUT2D eigenvalue weighted by molar-refractivity contribution is 5.46. The van der Waals surface area contributed by atoms with Gasteiger partial charge in [-0.25, -0.2) is 0 Å². The van der Waals surface area contributed by atoms with Gasteiger partial charge in [-0.15, -0.1) is 0 Å². The lowest BCUT2D eigenvalue weighted by atomic mass is 9.93. The molecule has 4 heteroatoms. The van der Waals surface area contributed by atoms with Crippen LogP contribution < -0.4 is 18.9 Å². The summed E-state index contributed by atoms with van der Waals surface area (Å²) in [5.41, 5.74) is 26.7. The molecule has 0 fully saturated rings. The van der Waals surface area contributed by atoms with Gasteiger partial charge in [0.2, 0.25) is 0 Å². The summed E-state index contributed by atoms with van der Waals surface area (Å²) in [4.78, 5) is 0. The van der Waals surface area contributed by atoms with E-state index < -0.39 is 0 Å². The van der Waals surface area contributed by atoms with Gasteiger partial charge in [-0.1, -0.05) is 103 Å². The SMILES string of the molecule is Cc1ccc(Cc2ccc(C)c(C)c2)cc1C.Cc1ccc(Oc2ccc(Oc3ccc(C)c(C)c3)cc2)cc1C.Cc1ccc(Oc2cccc(Oc3ccc(C)c(C)c3)c2)cc1C.Cc1cccc(Cc2cccc(C)c2C)c1C. The van der Waals surface area contributed by atoms with E-state index in [1.54, 1.807) is 0 Å². The summed E-state index contributed by atoms with van der Waals surface area (Å²) in [6.45, 7) is 34.2. The molecule has 0 spiro atoms. The Hall–Kier alpha value is -8.60. The molecule has 0 radical (unpaired) electrons. The highest BCUT2D eigenvalue weighted by atomic mass is 16.5. The predicted octanol–water partition coefficient (Wildman–Crippen LogP) is 22.0. The molecule has 420 valence electrons. The molecule has 0 amide bonds. The van der Waals surface area contributed by atoms with Crippen molar-refractivity contribution in [2.45, 2.75) is 124 Å². The van der Waals surface area contributed by atoms with Crippen LogP contribution in [-0.2, 0) is 12.8 Å². The third-order valence-corrected chi connectivity index (χ3v) is 15.9. The molecule has 0 heterocycles. The average Bonchev–Trinajstić information content (AvgIpc) is 3.46. The fourth-order valence-corrected chi connectivity index (χ4v) is 9.11. The average molecular weight is 1090 g/mol. The van der Waals surface area contributed by atoms with Gasteiger partial charge in [0.15, 0.2) is 0 Å². The maximum Gasteiger partial charge on any atom is 0.131 e. The molecule has 0 atom stereocenters. The van der Waals surface area contributed by atoms with Crippen LogP contribution in [0.25, 0.3) is 0 Å². The van der Waals surface area contributed by atoms with Crippen molar-refractivity contribution in [1.82, 2.24) is 0 Å². The minimum Gasteiger partial charge on any atom is -0.457 e. The first kappa shape index (κ1) is 61.0. The first-order valence-electron chi connectivity index (χ1n) is 28.6. The largest absolute Gasteiger partial charge is 0.457 e. The van der Waals surface area contributed by atoms with E-state index in [1.165, 1.54) is 111 Å². The Bertz CT molecular complexity index is 3530. The third kappa shape index (κ3) is 17.7. The summed E-state index contributed by atoms with van der Waals surface area (Å²) in [6, 6.07) is 66.5. The van der Waals surface area contributed by atoms with Crippen molar-refractivity contribution in [3.8, 4) is 46.0 Å². The number of ether oxygens (including phenoxy) is 4. The van der Waals surface area contributed by atoms with Gasteiger partial charge in [0.1, 0.15) is 46.0 Å². The van der Waals surface area contributed by atoms with Gasteiger partial charge in [-0.3, -0.25) is 0 Å². The van der Waals surface area contributed by atoms with Crippen LogP contribution in [0.4, 0.5) is 0 Å². The molecule has 82 heavy (non-hydrogen) atoms. The van der Waals surface area contributed by atoms with Crippen molar-refractivity contribution in [2.24, 2.45) is 0 Å². The number of rotatable bonds is 12. The summed E-state index contributed by atoms with van der Waals surface area (Å²) in [5, 5.41) is 0. The van der Waals surface area contributed by atoms with Gasteiger partial charge in [-0.05, 0) is 320 Å². The van der Waals surface area contributed by atoms with Crippen molar-refractivity contribution in [3.63, 3.8) is 0 Å². The standard InChI is InChI=1S/2C22H22O2.2C17H20/c1-15-5-7-21(13-17(15)3)23-19-9-11-20(12-10-19)24-22-8-6-16(2)18(4)14-22;1-15-8-10-21(12-17(15)3)23-19-6-5-7-20(14-19)24-22-11-9-16(2)18(4)13-22;1-12-5-7-16(9-14(12)3)11-17-8-6-13(2)15(4)10-17;1-12-7-5-9-16(14(12)3)11-17-10-6-8-13(2)15(17)4/h2*5-14H,1-4H3;2*5-10H,11H2,1-4H3. The Labute approximate surface area is 491 Å². The molecule has 0 saturated heterocycles. The Balaban J connectivity index is 0.000000160. The lowest BCUT2D eigenvalue weighted by Gasteiger charge is -2.12. The highest BCUT2D eigenvalue weighted by Crippen LogP contribution is 2.32. The molecule has 0 unspecified atom stereocenters. The van der Waals surface area contributed by atoms with E-state index in [-0.39, 0.29) is 0 Å². The topological polar surface area (TPSA) is 36.9 Å². The third-order valence-electron chi connectivity index (χ3n) is 15.9. The predicted molar refractivity (Wildman–Crippen MR) is 346 cm³/mol. The number of benzene rings is 10. The van der Waals surface area contributed by atoms with E-state index >= 15 is 0 Å². The lowest BCUT2D eigenvalue weighted by Crippen LogP contribution is -1.97. The van der Waals surface area contributed by atoms with Crippen LogP contribution in [0.1, 0.15) is 111 Å². The first-order valence-corrected chi connectivity index (χ1v) is 28.6. The number of hydrogen-bond acceptors (Lipinski definition) is 4. The molecule has 0 aliphatic carbocycles. The lowest BCUT2D eigenvalue weighted by molar-refractivity contribution is 0.460. The monoisotopic (exact) mass is 1080 g/mol. The van der Waals surface area contributed by atoms with Gasteiger partial charge < -0.3 is 18.9 Å². The van der Waals surface area contributed by atoms with Gasteiger partial charge in [0.05, 0.1) is 0 Å². The zero-order valence-electron chi connectivity index (χ0n) is 51.5. The quantitative estimate of drug-likeness (QED) is 0.122. The van der Waals surface area contributed by atoms with E-state index in [1.807, 2.05) is 84.9 Å². The molecular formula is C78H84O4. The minimum absolute atomic E-state index is 0.764. The smallest absolute Gasteiger partial charge is 0.131 e. The van der Waals surface area contributed by atoms with Crippen molar-refractivity contribution in [3.05, 3.63) is 305 Å². The Kier molecular flexibility index (Phi) is 21.4. The van der Waals surface area contributed by atoms with Crippen LogP contribution in [-0.4, -0.2) is 0 Å². The molecule has 0 N–H and O–H groups in total. The maximum atomic E-state index is 5.96. The number of hydrogen-bond donors (Lipinski definition) is 0. The summed E-state index contributed by atoms with van der Waals surface area (Å²) in [7, 11) is 0. The Morgan fingerprint density at radius 3 is 0.756 bits per heavy atom. The van der Waals surface area contributed by atoms with Crippen LogP contribution in [0.5, 0.6) is 46.0 Å². The van der Waals surface area contributed by atoms with Crippen molar-refractivity contribution in [1.29, 1.82) is 0 Å². The molecule has 0 aliphatic heterocycles. The zero-order chi connectivity index (χ0) is 59.0. The molecule has 0 aromatic heterocycles. The summed E-state index contributed by atoms with van der Waals surface area (Å²) in [6.07, 6.45) is 2.07. The molecule has 10 aromatic rings. The van der Waals surface area contributed by atoms with Gasteiger partial charge in [0.25, 0.3) is 0 Å². The fourth-order valence-electron chi connectivity index (χ4n) is 9.11. The van der Waals surface area contributed by atoms with E-state index in [0.717, 1.165) is 58.8 Å². The van der Waals surface area contributed by atoms with Gasteiger partial charge in [-0.2, -0.15) is 0 Å². The summed E-state index contributed by atoms with van der Waals surface area (Å²) >= 11 is 0. The molecule has 0 aliphatic rings. The van der Waals surface area contributed by atoms with Crippen molar-refractivity contribution >= 4 is 0 Å². The van der Waals surface area contributed by atoms with Crippen LogP contribution in [0.15, 0.2) is 194 Å². The molecule has 10 rings (SSSR count). The van der Waals surface area contributed by atoms with Crippen molar-refractivity contribution in [2.75, 3.05) is 0 Å². The van der Waals surface area contributed by atoms with Crippen LogP contribution in [0.2, 0.25) is 0 Å². The molecule has 10 aromatic carbocycles. The van der Waals surface area contributed by atoms with E-state index in [0.29, 0.717) is 0 Å². The second-order valence-electron chi connectivity index (χ2n) is 22.2. The van der Waals surface area contributed by atoms with Gasteiger partial charge >= 0.3 is 0 Å². The Morgan fingerprint density at radius 1 is 0.195 bits per heavy atom. The first-order chi connectivity index (χ1) is 39.2. The highest BCUT2D eigenvalue weighted by Gasteiger charge is 2.09. The van der Waals surface area contributed by atoms with Crippen molar-refractivity contribution < 1.29 is 18.9 Å². The maximum absolute atomic E-state index is 5.96. The fraction of sp³-hybridized carbons (Fsp3) is 0.231. The second kappa shape index (κ2) is 28.7. The summed E-state index contributed by atoms with van der Waals surface area (Å²) in [5.74, 6) is 6.49. The van der Waals surface area contributed by atoms with Crippen LogP contribution >= 0.6 is 0 Å². The summed E-state index contributed by atoms with van der Waals surface area (Å²) < 4.78 is 23.7. The zero-order valence-corrected chi connectivity index (χ0v) is 51.5. The Morgan fingerprint density at radius 2 is 0.451 bits per heavy atom. The molecule has 0 bridgehead atoms. The minimum atomic E-state index is 0.764.